The lowest BCUT2D eigenvalue weighted by Crippen LogP contribution is -2.21. The minimum atomic E-state index is -0.951. The molecule has 0 heterocycles. The van der Waals surface area contributed by atoms with Crippen molar-refractivity contribution < 1.29 is 27.9 Å². The van der Waals surface area contributed by atoms with Crippen LogP contribution in [0, 0.1) is 11.6 Å². The van der Waals surface area contributed by atoms with Crippen LogP contribution < -0.4 is 5.32 Å². The maximum Gasteiger partial charge on any atom is 0.307 e. The number of amides is 1. The number of anilines is 1. The number of carbonyl (C=O) groups excluding carboxylic acids is 3. The van der Waals surface area contributed by atoms with Gasteiger partial charge in [-0.1, -0.05) is 12.1 Å². The molecule has 5 nitrogen and oxygen atoms in total. The summed E-state index contributed by atoms with van der Waals surface area (Å²) in [6.07, 6.45) is 0.0107. The predicted octanol–water partition coefficient (Wildman–Crippen LogP) is 3.83. The van der Waals surface area contributed by atoms with Crippen molar-refractivity contribution in [1.29, 1.82) is 0 Å². The Morgan fingerprint density at radius 3 is 2.56 bits per heavy atom. The molecule has 0 saturated heterocycles. The first-order valence-electron chi connectivity index (χ1n) is 7.99. The van der Waals surface area contributed by atoms with E-state index in [1.807, 2.05) is 0 Å². The highest BCUT2D eigenvalue weighted by Gasteiger charge is 2.10. The van der Waals surface area contributed by atoms with E-state index in [4.69, 9.17) is 4.74 Å². The van der Waals surface area contributed by atoms with Gasteiger partial charge >= 0.3 is 5.97 Å². The topological polar surface area (TPSA) is 72.5 Å². The Morgan fingerprint density at radius 1 is 1.07 bits per heavy atom. The normalized spacial score (nSPS) is 10.3. The molecular weight excluding hydrogens is 376 g/mol. The van der Waals surface area contributed by atoms with E-state index in [2.05, 4.69) is 5.32 Å². The molecule has 0 aromatic heterocycles. The number of ketones is 1. The summed E-state index contributed by atoms with van der Waals surface area (Å²) in [4.78, 5) is 35.3. The molecule has 1 N–H and O–H groups in total. The lowest BCUT2D eigenvalue weighted by molar-refractivity contribution is -0.146. The summed E-state index contributed by atoms with van der Waals surface area (Å²) in [5.41, 5.74) is 0.886. The van der Waals surface area contributed by atoms with Gasteiger partial charge in [0.15, 0.2) is 24.0 Å². The van der Waals surface area contributed by atoms with Crippen LogP contribution in [0.2, 0.25) is 0 Å². The van der Waals surface area contributed by atoms with Crippen LogP contribution in [0.15, 0.2) is 47.4 Å². The number of esters is 1. The molecule has 2 aromatic rings. The summed E-state index contributed by atoms with van der Waals surface area (Å²) in [6, 6.07) is 9.88. The minimum Gasteiger partial charge on any atom is -0.456 e. The van der Waals surface area contributed by atoms with Crippen LogP contribution in [0.25, 0.3) is 0 Å². The van der Waals surface area contributed by atoms with Crippen LogP contribution in [-0.2, 0) is 14.3 Å². The summed E-state index contributed by atoms with van der Waals surface area (Å²) in [7, 11) is 0. The van der Waals surface area contributed by atoms with Crippen LogP contribution in [0.3, 0.4) is 0 Å². The maximum absolute atomic E-state index is 13.1. The van der Waals surface area contributed by atoms with Crippen molar-refractivity contribution in [3.63, 3.8) is 0 Å². The second kappa shape index (κ2) is 9.82. The van der Waals surface area contributed by atoms with Crippen molar-refractivity contribution in [3.8, 4) is 0 Å². The second-order valence-corrected chi connectivity index (χ2v) is 6.69. The van der Waals surface area contributed by atoms with E-state index in [9.17, 15) is 23.2 Å². The predicted molar refractivity (Wildman–Crippen MR) is 97.7 cm³/mol. The molecule has 27 heavy (non-hydrogen) atoms. The second-order valence-electron chi connectivity index (χ2n) is 5.52. The van der Waals surface area contributed by atoms with Gasteiger partial charge in [0.25, 0.3) is 5.91 Å². The summed E-state index contributed by atoms with van der Waals surface area (Å²) in [5.74, 6) is -2.83. The van der Waals surface area contributed by atoms with E-state index in [1.54, 1.807) is 18.2 Å². The summed E-state index contributed by atoms with van der Waals surface area (Å²) in [6.45, 7) is 0.958. The zero-order valence-corrected chi connectivity index (χ0v) is 15.3. The largest absolute Gasteiger partial charge is 0.456 e. The van der Waals surface area contributed by atoms with Gasteiger partial charge in [0.05, 0.1) is 6.42 Å². The average Bonchev–Trinajstić information content (AvgIpc) is 2.63. The minimum absolute atomic E-state index is 0.0107. The van der Waals surface area contributed by atoms with Gasteiger partial charge in [-0.05, 0) is 37.3 Å². The van der Waals surface area contributed by atoms with Crippen molar-refractivity contribution in [3.05, 3.63) is 59.7 Å². The van der Waals surface area contributed by atoms with E-state index < -0.39 is 30.1 Å². The van der Waals surface area contributed by atoms with Gasteiger partial charge in [0.1, 0.15) is 0 Å². The first-order valence-corrected chi connectivity index (χ1v) is 8.98. The van der Waals surface area contributed by atoms with Crippen LogP contribution in [-0.4, -0.2) is 30.0 Å². The number of nitrogens with one attached hydrogen (secondary N) is 1. The van der Waals surface area contributed by atoms with Gasteiger partial charge < -0.3 is 10.1 Å². The molecule has 0 unspecified atom stereocenters. The molecule has 0 fully saturated rings. The lowest BCUT2D eigenvalue weighted by atomic mass is 10.1. The highest BCUT2D eigenvalue weighted by molar-refractivity contribution is 7.99. The fourth-order valence-electron chi connectivity index (χ4n) is 2.05. The third kappa shape index (κ3) is 6.82. The number of carbonyl (C=O) groups is 3. The van der Waals surface area contributed by atoms with Crippen molar-refractivity contribution in [2.45, 2.75) is 18.2 Å². The Bertz CT molecular complexity index is 857. The third-order valence-electron chi connectivity index (χ3n) is 3.38. The number of Topliss-reactive ketones (excluding diaryl/α,β-unsaturated/α-hetero) is 1. The van der Waals surface area contributed by atoms with Gasteiger partial charge in [-0.2, -0.15) is 0 Å². The van der Waals surface area contributed by atoms with Crippen molar-refractivity contribution in [2.75, 3.05) is 17.7 Å². The first kappa shape index (κ1) is 20.6. The van der Waals surface area contributed by atoms with Crippen LogP contribution in [0.5, 0.6) is 0 Å². The highest BCUT2D eigenvalue weighted by Crippen LogP contribution is 2.21. The van der Waals surface area contributed by atoms with Crippen molar-refractivity contribution in [1.82, 2.24) is 0 Å². The summed E-state index contributed by atoms with van der Waals surface area (Å²) >= 11 is 1.17. The van der Waals surface area contributed by atoms with E-state index in [0.29, 0.717) is 21.9 Å². The number of halogens is 2. The molecule has 1 amide bonds. The Kier molecular flexibility index (Phi) is 7.48. The first-order chi connectivity index (χ1) is 12.8. The molecule has 2 rings (SSSR count). The maximum atomic E-state index is 13.1. The number of rotatable bonds is 8. The Hall–Kier alpha value is -2.74. The molecule has 0 aliphatic rings. The van der Waals surface area contributed by atoms with Crippen LogP contribution in [0.1, 0.15) is 23.7 Å². The summed E-state index contributed by atoms with van der Waals surface area (Å²) in [5, 5.41) is 2.54. The Labute approximate surface area is 159 Å². The van der Waals surface area contributed by atoms with Gasteiger partial charge in [0.2, 0.25) is 0 Å². The monoisotopic (exact) mass is 393 g/mol. The number of hydrogen-bond donors (Lipinski definition) is 1. The molecule has 0 spiro atoms. The van der Waals surface area contributed by atoms with Gasteiger partial charge in [0, 0.05) is 21.9 Å². The zero-order valence-electron chi connectivity index (χ0n) is 14.5. The van der Waals surface area contributed by atoms with E-state index >= 15 is 0 Å². The van der Waals surface area contributed by atoms with Gasteiger partial charge in [-0.3, -0.25) is 14.4 Å². The number of ether oxygens (including phenoxy) is 1. The summed E-state index contributed by atoms with van der Waals surface area (Å²) < 4.78 is 30.8. The molecule has 0 radical (unpaired) electrons. The van der Waals surface area contributed by atoms with Crippen molar-refractivity contribution in [2.24, 2.45) is 0 Å². The average molecular weight is 393 g/mol. The molecule has 142 valence electrons. The Balaban J connectivity index is 1.71. The van der Waals surface area contributed by atoms with Gasteiger partial charge in [-0.15, -0.1) is 11.8 Å². The fourth-order valence-corrected chi connectivity index (χ4v) is 2.91. The highest BCUT2D eigenvalue weighted by atomic mass is 32.2. The number of hydrogen-bond acceptors (Lipinski definition) is 5. The third-order valence-corrected chi connectivity index (χ3v) is 4.38. The standard InChI is InChI=1S/C19H17F2NO4S/c1-12(23)13-3-2-4-14(9-13)22-18(24)11-26-19(25)7-8-27-15-5-6-16(20)17(21)10-15/h2-6,9-10H,7-8,11H2,1H3,(H,22,24). The quantitative estimate of drug-likeness (QED) is 0.419. The smallest absolute Gasteiger partial charge is 0.307 e. The molecule has 0 bridgehead atoms. The van der Waals surface area contributed by atoms with Crippen LogP contribution >= 0.6 is 11.8 Å². The van der Waals surface area contributed by atoms with Crippen molar-refractivity contribution >= 4 is 35.1 Å². The number of benzene rings is 2. The molecule has 0 saturated carbocycles. The molecule has 0 aliphatic carbocycles. The molecule has 0 aliphatic heterocycles. The van der Waals surface area contributed by atoms with Crippen LogP contribution in [0.4, 0.5) is 14.5 Å². The Morgan fingerprint density at radius 2 is 1.85 bits per heavy atom. The zero-order chi connectivity index (χ0) is 19.8. The fraction of sp³-hybridized carbons (Fsp3) is 0.211. The number of thioether (sulfide) groups is 1. The molecule has 8 heteroatoms. The van der Waals surface area contributed by atoms with Gasteiger partial charge in [-0.25, -0.2) is 8.78 Å². The lowest BCUT2D eigenvalue weighted by Gasteiger charge is -2.07. The molecule has 0 atom stereocenters. The van der Waals surface area contributed by atoms with E-state index in [1.165, 1.54) is 30.8 Å². The molecular formula is C19H17F2NO4S. The van der Waals surface area contributed by atoms with E-state index in [-0.39, 0.29) is 12.2 Å². The molecule has 2 aromatic carbocycles. The van der Waals surface area contributed by atoms with E-state index in [0.717, 1.165) is 12.1 Å². The SMILES string of the molecule is CC(=O)c1cccc(NC(=O)COC(=O)CCSc2ccc(F)c(F)c2)c1.